The molecular weight excluding hydrogens is 322 g/mol. The molecule has 5 heteroatoms. The average Bonchev–Trinajstić information content (AvgIpc) is 2.71. The third-order valence-corrected chi connectivity index (χ3v) is 3.89. The number of Topliss-reactive ketones (excluding diaryl/α,β-unsaturated/α-hetero) is 1. The third kappa shape index (κ3) is 3.10. The molecule has 0 aliphatic carbocycles. The number of ketones is 1. The van der Waals surface area contributed by atoms with Crippen LogP contribution in [0.5, 0.6) is 0 Å². The Bertz CT molecular complexity index is 673. The van der Waals surface area contributed by atoms with Gasteiger partial charge in [0.25, 0.3) is 0 Å². The van der Waals surface area contributed by atoms with Gasteiger partial charge in [-0.3, -0.25) is 9.59 Å². The molecule has 1 aromatic carbocycles. The lowest BCUT2D eigenvalue weighted by molar-refractivity contribution is -0.139. The molecule has 1 heterocycles. The zero-order valence-corrected chi connectivity index (χ0v) is 13.0. The lowest BCUT2D eigenvalue weighted by Crippen LogP contribution is -2.21. The number of fused-ring (bicyclic) bond motifs is 1. The van der Waals surface area contributed by atoms with Crippen molar-refractivity contribution in [3.05, 3.63) is 34.4 Å². The van der Waals surface area contributed by atoms with Crippen LogP contribution >= 0.6 is 15.9 Å². The summed E-state index contributed by atoms with van der Waals surface area (Å²) >= 11 is 3.45. The number of carbonyl (C=O) groups is 2. The molecule has 4 nitrogen and oxygen atoms in total. The summed E-state index contributed by atoms with van der Waals surface area (Å²) in [7, 11) is 0. The molecule has 1 aromatic heterocycles. The van der Waals surface area contributed by atoms with Crippen molar-refractivity contribution in [2.45, 2.75) is 26.7 Å². The second-order valence-corrected chi connectivity index (χ2v) is 6.55. The average molecular weight is 338 g/mol. The molecule has 0 atom stereocenters. The SMILES string of the molecule is CC(C)(CC(=O)O)CC(=O)c1c[nH]c2cccc(Br)c12. The Morgan fingerprint density at radius 2 is 2.00 bits per heavy atom. The molecule has 0 unspecified atom stereocenters. The second-order valence-electron chi connectivity index (χ2n) is 5.70. The Morgan fingerprint density at radius 1 is 1.30 bits per heavy atom. The van der Waals surface area contributed by atoms with Crippen molar-refractivity contribution in [3.8, 4) is 0 Å². The maximum Gasteiger partial charge on any atom is 0.303 e. The Hall–Kier alpha value is -1.62. The Balaban J connectivity index is 2.31. The van der Waals surface area contributed by atoms with Gasteiger partial charge in [0.15, 0.2) is 5.78 Å². The standard InChI is InChI=1S/C15H16BrNO3/c1-15(2,7-13(19)20)6-12(18)9-8-17-11-5-3-4-10(16)14(9)11/h3-5,8,17H,6-7H2,1-2H3,(H,19,20). The number of carbonyl (C=O) groups excluding carboxylic acids is 1. The Kier molecular flexibility index (Phi) is 3.99. The highest BCUT2D eigenvalue weighted by atomic mass is 79.9. The molecule has 20 heavy (non-hydrogen) atoms. The molecule has 0 saturated heterocycles. The van der Waals surface area contributed by atoms with Crippen molar-refractivity contribution < 1.29 is 14.7 Å². The third-order valence-electron chi connectivity index (χ3n) is 3.22. The molecule has 2 rings (SSSR count). The zero-order chi connectivity index (χ0) is 14.9. The largest absolute Gasteiger partial charge is 0.481 e. The number of hydrogen-bond donors (Lipinski definition) is 2. The van der Waals surface area contributed by atoms with Gasteiger partial charge in [-0.1, -0.05) is 35.8 Å². The number of rotatable bonds is 5. The Morgan fingerprint density at radius 3 is 2.65 bits per heavy atom. The molecule has 0 radical (unpaired) electrons. The molecule has 0 saturated carbocycles. The van der Waals surface area contributed by atoms with Gasteiger partial charge >= 0.3 is 5.97 Å². The number of carboxylic acids is 1. The van der Waals surface area contributed by atoms with Crippen LogP contribution in [0.15, 0.2) is 28.9 Å². The summed E-state index contributed by atoms with van der Waals surface area (Å²) in [5.74, 6) is -0.933. The summed E-state index contributed by atoms with van der Waals surface area (Å²) in [5, 5.41) is 9.73. The number of benzene rings is 1. The summed E-state index contributed by atoms with van der Waals surface area (Å²) in [5.41, 5.74) is 0.929. The normalized spacial score (nSPS) is 11.8. The van der Waals surface area contributed by atoms with E-state index in [-0.39, 0.29) is 18.6 Å². The predicted octanol–water partition coefficient (Wildman–Crippen LogP) is 4.00. The number of carboxylic acid groups (broad SMARTS) is 1. The van der Waals surface area contributed by atoms with Crippen molar-refractivity contribution in [1.82, 2.24) is 4.98 Å². The van der Waals surface area contributed by atoms with E-state index in [1.165, 1.54) is 0 Å². The molecule has 106 valence electrons. The molecule has 0 amide bonds. The minimum atomic E-state index is -0.886. The van der Waals surface area contributed by atoms with Crippen LogP contribution in [0.3, 0.4) is 0 Å². The van der Waals surface area contributed by atoms with Gasteiger partial charge in [-0.05, 0) is 17.5 Å². The van der Waals surface area contributed by atoms with Gasteiger partial charge < -0.3 is 10.1 Å². The van der Waals surface area contributed by atoms with Gasteiger partial charge in [0.1, 0.15) is 0 Å². The summed E-state index contributed by atoms with van der Waals surface area (Å²) in [6.07, 6.45) is 1.87. The van der Waals surface area contributed by atoms with Crippen LogP contribution in [0.25, 0.3) is 10.9 Å². The molecule has 2 N–H and O–H groups in total. The maximum atomic E-state index is 12.4. The number of H-pyrrole nitrogens is 1. The summed E-state index contributed by atoms with van der Waals surface area (Å²) < 4.78 is 0.857. The van der Waals surface area contributed by atoms with E-state index in [0.29, 0.717) is 5.56 Å². The van der Waals surface area contributed by atoms with E-state index in [9.17, 15) is 9.59 Å². The molecule has 0 bridgehead atoms. The van der Waals surface area contributed by atoms with Crippen molar-refractivity contribution in [2.24, 2.45) is 5.41 Å². The van der Waals surface area contributed by atoms with Crippen LogP contribution in [-0.4, -0.2) is 21.8 Å². The highest BCUT2D eigenvalue weighted by molar-refractivity contribution is 9.10. The molecular formula is C15H16BrNO3. The summed E-state index contributed by atoms with van der Waals surface area (Å²) in [6, 6.07) is 5.68. The smallest absolute Gasteiger partial charge is 0.303 e. The van der Waals surface area contributed by atoms with E-state index in [4.69, 9.17) is 5.11 Å². The van der Waals surface area contributed by atoms with Crippen LogP contribution in [-0.2, 0) is 4.79 Å². The molecule has 0 aliphatic rings. The lowest BCUT2D eigenvalue weighted by Gasteiger charge is -2.21. The van der Waals surface area contributed by atoms with Crippen LogP contribution in [0.1, 0.15) is 37.0 Å². The van der Waals surface area contributed by atoms with Crippen LogP contribution in [0.2, 0.25) is 0 Å². The molecule has 0 spiro atoms. The number of hydrogen-bond acceptors (Lipinski definition) is 2. The molecule has 0 fully saturated rings. The quantitative estimate of drug-likeness (QED) is 0.810. The first kappa shape index (κ1) is 14.8. The number of halogens is 1. The van der Waals surface area contributed by atoms with Gasteiger partial charge in [0, 0.05) is 33.6 Å². The number of aromatic nitrogens is 1. The minimum Gasteiger partial charge on any atom is -0.481 e. The maximum absolute atomic E-state index is 12.4. The number of aliphatic carboxylic acids is 1. The van der Waals surface area contributed by atoms with Crippen molar-refractivity contribution in [3.63, 3.8) is 0 Å². The minimum absolute atomic E-state index is 0.0255. The first-order valence-electron chi connectivity index (χ1n) is 6.31. The van der Waals surface area contributed by atoms with Crippen LogP contribution < -0.4 is 0 Å². The zero-order valence-electron chi connectivity index (χ0n) is 11.4. The van der Waals surface area contributed by atoms with Gasteiger partial charge in [-0.15, -0.1) is 0 Å². The van der Waals surface area contributed by atoms with E-state index < -0.39 is 11.4 Å². The van der Waals surface area contributed by atoms with E-state index in [2.05, 4.69) is 20.9 Å². The lowest BCUT2D eigenvalue weighted by atomic mass is 9.82. The van der Waals surface area contributed by atoms with Crippen LogP contribution in [0, 0.1) is 5.41 Å². The summed E-state index contributed by atoms with van der Waals surface area (Å²) in [4.78, 5) is 26.3. The van der Waals surface area contributed by atoms with Crippen molar-refractivity contribution in [2.75, 3.05) is 0 Å². The van der Waals surface area contributed by atoms with Crippen LogP contribution in [0.4, 0.5) is 0 Å². The first-order valence-corrected chi connectivity index (χ1v) is 7.10. The monoisotopic (exact) mass is 337 g/mol. The Labute approximate surface area is 125 Å². The number of aromatic amines is 1. The van der Waals surface area contributed by atoms with Crippen molar-refractivity contribution in [1.29, 1.82) is 0 Å². The fraction of sp³-hybridized carbons (Fsp3) is 0.333. The second kappa shape index (κ2) is 5.40. The van der Waals surface area contributed by atoms with E-state index >= 15 is 0 Å². The molecule has 0 aliphatic heterocycles. The molecule has 2 aromatic rings. The van der Waals surface area contributed by atoms with E-state index in [1.807, 2.05) is 18.2 Å². The van der Waals surface area contributed by atoms with Crippen molar-refractivity contribution >= 4 is 38.6 Å². The van der Waals surface area contributed by atoms with E-state index in [1.54, 1.807) is 20.0 Å². The summed E-state index contributed by atoms with van der Waals surface area (Å²) in [6.45, 7) is 3.59. The number of nitrogens with one attached hydrogen (secondary N) is 1. The first-order chi connectivity index (χ1) is 9.30. The fourth-order valence-electron chi connectivity index (χ4n) is 2.36. The highest BCUT2D eigenvalue weighted by Gasteiger charge is 2.27. The van der Waals surface area contributed by atoms with Gasteiger partial charge in [0.05, 0.1) is 6.42 Å². The van der Waals surface area contributed by atoms with Gasteiger partial charge in [-0.2, -0.15) is 0 Å². The van der Waals surface area contributed by atoms with Gasteiger partial charge in [-0.25, -0.2) is 0 Å². The topological polar surface area (TPSA) is 70.2 Å². The van der Waals surface area contributed by atoms with E-state index in [0.717, 1.165) is 15.4 Å². The fourth-order valence-corrected chi connectivity index (χ4v) is 2.94. The predicted molar refractivity (Wildman–Crippen MR) is 81.0 cm³/mol. The van der Waals surface area contributed by atoms with Gasteiger partial charge in [0.2, 0.25) is 0 Å². The highest BCUT2D eigenvalue weighted by Crippen LogP contribution is 2.32.